The van der Waals surface area contributed by atoms with Gasteiger partial charge in [-0.05, 0) is 43.2 Å². The van der Waals surface area contributed by atoms with Crippen LogP contribution in [0.5, 0.6) is 0 Å². The first-order valence-corrected chi connectivity index (χ1v) is 10.7. The van der Waals surface area contributed by atoms with E-state index >= 15 is 0 Å². The van der Waals surface area contributed by atoms with Crippen LogP contribution in [0.25, 0.3) is 5.65 Å². The molecule has 0 spiro atoms. The first kappa shape index (κ1) is 20.3. The average molecular weight is 450 g/mol. The molecule has 2 atom stereocenters. The average Bonchev–Trinajstić information content (AvgIpc) is 3.22. The zero-order valence-electron chi connectivity index (χ0n) is 17.0. The predicted molar refractivity (Wildman–Crippen MR) is 119 cm³/mol. The van der Waals surface area contributed by atoms with Crippen molar-refractivity contribution in [2.75, 3.05) is 5.01 Å². The van der Waals surface area contributed by atoms with Gasteiger partial charge in [-0.3, -0.25) is 19.8 Å². The Bertz CT molecular complexity index is 1270. The van der Waals surface area contributed by atoms with E-state index in [4.69, 9.17) is 11.6 Å². The molecule has 1 saturated heterocycles. The van der Waals surface area contributed by atoms with Gasteiger partial charge in [-0.1, -0.05) is 29.8 Å². The van der Waals surface area contributed by atoms with E-state index in [2.05, 4.69) is 15.7 Å². The van der Waals surface area contributed by atoms with Gasteiger partial charge in [-0.15, -0.1) is 0 Å². The molecule has 0 bridgehead atoms. The van der Waals surface area contributed by atoms with Crippen LogP contribution in [0.2, 0.25) is 5.02 Å². The molecule has 2 aromatic heterocycles. The van der Waals surface area contributed by atoms with Crippen LogP contribution in [0, 0.1) is 11.8 Å². The molecule has 2 N–H and O–H groups in total. The zero-order chi connectivity index (χ0) is 22.2. The van der Waals surface area contributed by atoms with Crippen LogP contribution in [0.15, 0.2) is 60.9 Å². The minimum absolute atomic E-state index is 0.167. The van der Waals surface area contributed by atoms with Crippen LogP contribution in [-0.4, -0.2) is 27.1 Å². The SMILES string of the molecule is O=C(NCc1cn2cc(Cl)ccc2n1)c1cccc(N2NC(=O)C3CC=CCC3C2=O)c1. The summed E-state index contributed by atoms with van der Waals surface area (Å²) in [5.74, 6) is -1.37. The number of anilines is 1. The lowest BCUT2D eigenvalue weighted by Crippen LogP contribution is -2.59. The molecule has 2 aliphatic rings. The van der Waals surface area contributed by atoms with Crippen LogP contribution >= 0.6 is 11.6 Å². The molecule has 5 rings (SSSR count). The highest BCUT2D eigenvalue weighted by molar-refractivity contribution is 6.30. The number of nitrogens with zero attached hydrogens (tertiary/aromatic N) is 3. The van der Waals surface area contributed by atoms with Gasteiger partial charge in [0, 0.05) is 18.0 Å². The number of aromatic nitrogens is 2. The van der Waals surface area contributed by atoms with Crippen LogP contribution < -0.4 is 15.8 Å². The first-order valence-electron chi connectivity index (χ1n) is 10.3. The number of carbonyl (C=O) groups is 3. The third-order valence-corrected chi connectivity index (χ3v) is 6.01. The highest BCUT2D eigenvalue weighted by Crippen LogP contribution is 2.32. The highest BCUT2D eigenvalue weighted by Gasteiger charge is 2.42. The molecule has 1 aliphatic heterocycles. The number of rotatable bonds is 4. The molecule has 2 unspecified atom stereocenters. The number of fused-ring (bicyclic) bond motifs is 2. The number of hydrogen-bond acceptors (Lipinski definition) is 4. The zero-order valence-corrected chi connectivity index (χ0v) is 17.7. The molecule has 3 heterocycles. The van der Waals surface area contributed by atoms with Crippen molar-refractivity contribution in [3.8, 4) is 0 Å². The number of pyridine rings is 1. The normalized spacial score (nSPS) is 20.2. The van der Waals surface area contributed by atoms with Crippen molar-refractivity contribution < 1.29 is 14.4 Å². The summed E-state index contributed by atoms with van der Waals surface area (Å²) < 4.78 is 1.79. The van der Waals surface area contributed by atoms with E-state index < -0.39 is 0 Å². The number of benzene rings is 1. The van der Waals surface area contributed by atoms with Gasteiger partial charge in [0.2, 0.25) is 11.8 Å². The van der Waals surface area contributed by atoms with Crippen LogP contribution in [0.3, 0.4) is 0 Å². The van der Waals surface area contributed by atoms with Crippen molar-refractivity contribution in [2.45, 2.75) is 19.4 Å². The Kier molecular flexibility index (Phi) is 5.14. The predicted octanol–water partition coefficient (Wildman–Crippen LogP) is 2.88. The van der Waals surface area contributed by atoms with E-state index in [-0.39, 0.29) is 36.1 Å². The van der Waals surface area contributed by atoms with E-state index in [1.54, 1.807) is 53.2 Å². The van der Waals surface area contributed by atoms with Crippen LogP contribution in [-0.2, 0) is 16.1 Å². The minimum Gasteiger partial charge on any atom is -0.346 e. The van der Waals surface area contributed by atoms with E-state index in [1.807, 2.05) is 12.2 Å². The maximum atomic E-state index is 13.0. The molecular formula is C23H20ClN5O3. The third kappa shape index (κ3) is 3.73. The Morgan fingerprint density at radius 3 is 2.78 bits per heavy atom. The largest absolute Gasteiger partial charge is 0.346 e. The van der Waals surface area contributed by atoms with Crippen molar-refractivity contribution >= 4 is 40.7 Å². The van der Waals surface area contributed by atoms with Gasteiger partial charge in [0.05, 0.1) is 34.8 Å². The second-order valence-corrected chi connectivity index (χ2v) is 8.32. The quantitative estimate of drug-likeness (QED) is 0.599. The van der Waals surface area contributed by atoms with Crippen LogP contribution in [0.1, 0.15) is 28.9 Å². The molecule has 1 aliphatic carbocycles. The number of nitrogens with one attached hydrogen (secondary N) is 2. The van der Waals surface area contributed by atoms with Gasteiger partial charge in [0.1, 0.15) is 5.65 Å². The molecule has 162 valence electrons. The van der Waals surface area contributed by atoms with Gasteiger partial charge >= 0.3 is 0 Å². The molecule has 0 saturated carbocycles. The van der Waals surface area contributed by atoms with Gasteiger partial charge < -0.3 is 9.72 Å². The van der Waals surface area contributed by atoms with E-state index in [0.29, 0.717) is 34.8 Å². The number of imidazole rings is 1. The fraction of sp³-hybridized carbons (Fsp3) is 0.217. The van der Waals surface area contributed by atoms with Gasteiger partial charge in [0.15, 0.2) is 0 Å². The summed E-state index contributed by atoms with van der Waals surface area (Å²) in [5.41, 5.74) is 4.93. The van der Waals surface area contributed by atoms with Gasteiger partial charge in [-0.25, -0.2) is 9.99 Å². The smallest absolute Gasteiger partial charge is 0.251 e. The lowest BCUT2D eigenvalue weighted by Gasteiger charge is -2.38. The number of halogens is 1. The molecule has 3 amide bonds. The van der Waals surface area contributed by atoms with Gasteiger partial charge in [0.25, 0.3) is 5.91 Å². The topological polar surface area (TPSA) is 95.8 Å². The Balaban J connectivity index is 1.31. The van der Waals surface area contributed by atoms with Crippen molar-refractivity contribution in [1.29, 1.82) is 0 Å². The fourth-order valence-corrected chi connectivity index (χ4v) is 4.31. The summed E-state index contributed by atoms with van der Waals surface area (Å²) in [6, 6.07) is 10.2. The highest BCUT2D eigenvalue weighted by atomic mass is 35.5. The fourth-order valence-electron chi connectivity index (χ4n) is 4.14. The second-order valence-electron chi connectivity index (χ2n) is 7.88. The van der Waals surface area contributed by atoms with Crippen LogP contribution in [0.4, 0.5) is 5.69 Å². The number of carbonyl (C=O) groups excluding carboxylic acids is 3. The Hall–Kier alpha value is -3.65. The van der Waals surface area contributed by atoms with E-state index in [1.165, 1.54) is 5.01 Å². The summed E-state index contributed by atoms with van der Waals surface area (Å²) in [5, 5.41) is 4.69. The first-order chi connectivity index (χ1) is 15.5. The maximum absolute atomic E-state index is 13.0. The lowest BCUT2D eigenvalue weighted by atomic mass is 9.80. The summed E-state index contributed by atoms with van der Waals surface area (Å²) in [7, 11) is 0. The Labute approximate surface area is 188 Å². The minimum atomic E-state index is -0.380. The third-order valence-electron chi connectivity index (χ3n) is 5.79. The van der Waals surface area contributed by atoms with E-state index in [9.17, 15) is 14.4 Å². The monoisotopic (exact) mass is 449 g/mol. The number of amides is 3. The molecule has 0 radical (unpaired) electrons. The van der Waals surface area contributed by atoms with Crippen molar-refractivity contribution in [1.82, 2.24) is 20.1 Å². The number of allylic oxidation sites excluding steroid dienone is 2. The summed E-state index contributed by atoms with van der Waals surface area (Å²) in [6.07, 6.45) is 8.52. The molecule has 9 heteroatoms. The standard InChI is InChI=1S/C23H20ClN5O3/c24-15-8-9-20-26-16(13-28(20)12-15)11-25-21(30)14-4-3-5-17(10-14)29-23(32)19-7-2-1-6-18(19)22(31)27-29/h1-5,8-10,12-13,18-19H,6-7,11H2,(H,25,30)(H,27,31). The maximum Gasteiger partial charge on any atom is 0.251 e. The van der Waals surface area contributed by atoms with Gasteiger partial charge in [-0.2, -0.15) is 0 Å². The molecule has 8 nitrogen and oxygen atoms in total. The van der Waals surface area contributed by atoms with Crippen molar-refractivity contribution in [3.63, 3.8) is 0 Å². The molecular weight excluding hydrogens is 430 g/mol. The van der Waals surface area contributed by atoms with E-state index in [0.717, 1.165) is 5.65 Å². The Morgan fingerprint density at radius 1 is 1.12 bits per heavy atom. The molecule has 1 aromatic carbocycles. The Morgan fingerprint density at radius 2 is 1.94 bits per heavy atom. The summed E-state index contributed by atoms with van der Waals surface area (Å²) in [4.78, 5) is 42.6. The summed E-state index contributed by atoms with van der Waals surface area (Å²) >= 11 is 6.00. The lowest BCUT2D eigenvalue weighted by molar-refractivity contribution is -0.139. The molecule has 1 fully saturated rings. The number of hydrogen-bond donors (Lipinski definition) is 2. The van der Waals surface area contributed by atoms with Crippen molar-refractivity contribution in [2.24, 2.45) is 11.8 Å². The number of hydrazine groups is 1. The second kappa shape index (κ2) is 8.12. The summed E-state index contributed by atoms with van der Waals surface area (Å²) in [6.45, 7) is 0.234. The molecule has 3 aromatic rings. The molecule has 32 heavy (non-hydrogen) atoms. The van der Waals surface area contributed by atoms with Crippen molar-refractivity contribution in [3.05, 3.63) is 77.2 Å².